The Hall–Kier alpha value is -2.28. The van der Waals surface area contributed by atoms with E-state index < -0.39 is 23.0 Å². The van der Waals surface area contributed by atoms with E-state index in [0.29, 0.717) is 18.4 Å². The quantitative estimate of drug-likeness (QED) is 0.690. The minimum absolute atomic E-state index is 0.165. The summed E-state index contributed by atoms with van der Waals surface area (Å²) in [6.45, 7) is 4.18. The number of carboxylic acid groups (broad SMARTS) is 1. The number of nitrogens with zero attached hydrogens (tertiary/aromatic N) is 1. The first-order valence-electron chi connectivity index (χ1n) is 7.86. The number of rotatable bonds is 8. The smallest absolute Gasteiger partial charge is 0.310 e. The van der Waals surface area contributed by atoms with Gasteiger partial charge in [-0.3, -0.25) is 9.89 Å². The molecule has 7 heteroatoms. The van der Waals surface area contributed by atoms with E-state index in [1.165, 1.54) is 24.4 Å². The third kappa shape index (κ3) is 3.46. The fourth-order valence-electron chi connectivity index (χ4n) is 2.71. The minimum atomic E-state index is -0.854. The summed E-state index contributed by atoms with van der Waals surface area (Å²) in [6, 6.07) is 3.66. The summed E-state index contributed by atoms with van der Waals surface area (Å²) in [7, 11) is 0. The van der Waals surface area contributed by atoms with Gasteiger partial charge in [0.05, 0.1) is 22.9 Å². The highest BCUT2D eigenvalue weighted by atomic mass is 19.1. The van der Waals surface area contributed by atoms with Crippen LogP contribution in [0.15, 0.2) is 24.4 Å². The van der Waals surface area contributed by atoms with Crippen LogP contribution in [0, 0.1) is 17.0 Å². The molecule has 0 amide bonds. The predicted octanol–water partition coefficient (Wildman–Crippen LogP) is 3.34. The summed E-state index contributed by atoms with van der Waals surface area (Å²) < 4.78 is 27.9. The normalized spacial score (nSPS) is 11.7. The fourth-order valence-corrected chi connectivity index (χ4v) is 2.71. The average molecular weight is 337 g/mol. The maximum atomic E-state index is 13.9. The number of nitrogens with one attached hydrogen (secondary N) is 2. The zero-order valence-corrected chi connectivity index (χ0v) is 13.7. The lowest BCUT2D eigenvalue weighted by Crippen LogP contribution is -2.40. The standard InChI is InChI=1S/C17H21F2N3O2/c1-3-17(4-2,16(23)24)10-20-8-11-9-21-22-15(11)14-12(18)6-5-7-13(14)19/h5-7,9,20H,3-4,8,10H2,1-2H3,(H,21,22)(H,23,24). The second kappa shape index (κ2) is 7.53. The molecule has 1 heterocycles. The van der Waals surface area contributed by atoms with E-state index in [0.717, 1.165) is 0 Å². The molecule has 0 bridgehead atoms. The van der Waals surface area contributed by atoms with Crippen molar-refractivity contribution in [1.29, 1.82) is 0 Å². The number of carbonyl (C=O) groups is 1. The molecule has 0 fully saturated rings. The number of H-pyrrole nitrogens is 1. The van der Waals surface area contributed by atoms with Gasteiger partial charge in [-0.1, -0.05) is 19.9 Å². The molecule has 5 nitrogen and oxygen atoms in total. The van der Waals surface area contributed by atoms with Crippen molar-refractivity contribution >= 4 is 5.97 Å². The van der Waals surface area contributed by atoms with Crippen LogP contribution in [0.5, 0.6) is 0 Å². The molecule has 0 aliphatic heterocycles. The Balaban J connectivity index is 2.16. The highest BCUT2D eigenvalue weighted by molar-refractivity contribution is 5.74. The van der Waals surface area contributed by atoms with Crippen LogP contribution in [0.4, 0.5) is 8.78 Å². The van der Waals surface area contributed by atoms with Gasteiger partial charge in [0.1, 0.15) is 11.6 Å². The van der Waals surface area contributed by atoms with Crippen molar-refractivity contribution in [2.45, 2.75) is 33.2 Å². The molecule has 130 valence electrons. The van der Waals surface area contributed by atoms with E-state index in [-0.39, 0.29) is 24.3 Å². The molecule has 0 unspecified atom stereocenters. The summed E-state index contributed by atoms with van der Waals surface area (Å²) in [5, 5.41) is 19.0. The van der Waals surface area contributed by atoms with Crippen molar-refractivity contribution in [2.75, 3.05) is 6.54 Å². The number of halogens is 2. The molecular weight excluding hydrogens is 316 g/mol. The first-order valence-corrected chi connectivity index (χ1v) is 7.86. The Morgan fingerprint density at radius 3 is 2.46 bits per heavy atom. The van der Waals surface area contributed by atoms with Gasteiger partial charge in [0.25, 0.3) is 0 Å². The topological polar surface area (TPSA) is 78.0 Å². The Morgan fingerprint density at radius 1 is 1.29 bits per heavy atom. The van der Waals surface area contributed by atoms with Crippen molar-refractivity contribution < 1.29 is 18.7 Å². The highest BCUT2D eigenvalue weighted by Crippen LogP contribution is 2.28. The third-order valence-corrected chi connectivity index (χ3v) is 4.52. The van der Waals surface area contributed by atoms with Gasteiger partial charge in [-0.05, 0) is 25.0 Å². The average Bonchev–Trinajstić information content (AvgIpc) is 2.99. The molecule has 2 rings (SSSR count). The van der Waals surface area contributed by atoms with Crippen molar-refractivity contribution in [3.05, 3.63) is 41.6 Å². The van der Waals surface area contributed by atoms with Crippen LogP contribution in [0.2, 0.25) is 0 Å². The van der Waals surface area contributed by atoms with Gasteiger partial charge < -0.3 is 10.4 Å². The molecule has 0 radical (unpaired) electrons. The zero-order valence-electron chi connectivity index (χ0n) is 13.7. The number of aromatic amines is 1. The Kier molecular flexibility index (Phi) is 5.66. The molecule has 0 spiro atoms. The van der Waals surface area contributed by atoms with Gasteiger partial charge in [-0.15, -0.1) is 0 Å². The fraction of sp³-hybridized carbons (Fsp3) is 0.412. The van der Waals surface area contributed by atoms with Gasteiger partial charge in [0.2, 0.25) is 0 Å². The summed E-state index contributed by atoms with van der Waals surface area (Å²) in [5.74, 6) is -2.21. The second-order valence-corrected chi connectivity index (χ2v) is 5.76. The molecule has 0 saturated heterocycles. The van der Waals surface area contributed by atoms with Crippen molar-refractivity contribution in [2.24, 2.45) is 5.41 Å². The molecule has 0 aliphatic rings. The summed E-state index contributed by atoms with van der Waals surface area (Å²) in [6.07, 6.45) is 2.46. The van der Waals surface area contributed by atoms with Crippen LogP contribution in [0.25, 0.3) is 11.3 Å². The molecule has 0 saturated carbocycles. The SMILES string of the molecule is CCC(CC)(CNCc1cn[nH]c1-c1c(F)cccc1F)C(=O)O. The number of carboxylic acids is 1. The van der Waals surface area contributed by atoms with Gasteiger partial charge in [-0.2, -0.15) is 5.10 Å². The van der Waals surface area contributed by atoms with Crippen molar-refractivity contribution in [3.63, 3.8) is 0 Å². The number of benzene rings is 1. The number of aliphatic carboxylic acids is 1. The largest absolute Gasteiger partial charge is 0.481 e. The molecular formula is C17H21F2N3O2. The van der Waals surface area contributed by atoms with Crippen molar-refractivity contribution in [3.8, 4) is 11.3 Å². The second-order valence-electron chi connectivity index (χ2n) is 5.76. The maximum Gasteiger partial charge on any atom is 0.310 e. The Bertz CT molecular complexity index is 691. The van der Waals surface area contributed by atoms with Crippen LogP contribution in [-0.2, 0) is 11.3 Å². The summed E-state index contributed by atoms with van der Waals surface area (Å²) in [4.78, 5) is 11.5. The third-order valence-electron chi connectivity index (χ3n) is 4.52. The van der Waals surface area contributed by atoms with Crippen LogP contribution in [0.3, 0.4) is 0 Å². The molecule has 0 aliphatic carbocycles. The molecule has 3 N–H and O–H groups in total. The van der Waals surface area contributed by atoms with E-state index in [4.69, 9.17) is 0 Å². The molecule has 1 aromatic carbocycles. The Labute approximate surface area is 139 Å². The maximum absolute atomic E-state index is 13.9. The molecule has 2 aromatic rings. The molecule has 24 heavy (non-hydrogen) atoms. The van der Waals surface area contributed by atoms with E-state index >= 15 is 0 Å². The van der Waals surface area contributed by atoms with Gasteiger partial charge in [0, 0.05) is 18.7 Å². The lowest BCUT2D eigenvalue weighted by molar-refractivity contribution is -0.149. The van der Waals surface area contributed by atoms with Crippen LogP contribution < -0.4 is 5.32 Å². The zero-order chi connectivity index (χ0) is 17.7. The van der Waals surface area contributed by atoms with E-state index in [1.54, 1.807) is 0 Å². The lowest BCUT2D eigenvalue weighted by Gasteiger charge is -2.27. The lowest BCUT2D eigenvalue weighted by atomic mass is 9.82. The highest BCUT2D eigenvalue weighted by Gasteiger charge is 2.34. The van der Waals surface area contributed by atoms with Crippen LogP contribution in [-0.4, -0.2) is 27.8 Å². The summed E-state index contributed by atoms with van der Waals surface area (Å²) in [5.41, 5.74) is -0.188. The number of hydrogen-bond donors (Lipinski definition) is 3. The van der Waals surface area contributed by atoms with Gasteiger partial charge in [-0.25, -0.2) is 8.78 Å². The van der Waals surface area contributed by atoms with Crippen LogP contribution >= 0.6 is 0 Å². The molecule has 1 aromatic heterocycles. The first kappa shape index (κ1) is 18.1. The predicted molar refractivity (Wildman–Crippen MR) is 86.3 cm³/mol. The first-order chi connectivity index (χ1) is 11.4. The Morgan fingerprint density at radius 2 is 1.92 bits per heavy atom. The van der Waals surface area contributed by atoms with Gasteiger partial charge in [0.15, 0.2) is 0 Å². The van der Waals surface area contributed by atoms with E-state index in [1.807, 2.05) is 13.8 Å². The van der Waals surface area contributed by atoms with Crippen molar-refractivity contribution in [1.82, 2.24) is 15.5 Å². The van der Waals surface area contributed by atoms with E-state index in [2.05, 4.69) is 15.5 Å². The number of hydrogen-bond acceptors (Lipinski definition) is 3. The number of aromatic nitrogens is 2. The minimum Gasteiger partial charge on any atom is -0.481 e. The van der Waals surface area contributed by atoms with Gasteiger partial charge >= 0.3 is 5.97 Å². The molecule has 0 atom stereocenters. The summed E-state index contributed by atoms with van der Waals surface area (Å²) >= 11 is 0. The monoisotopic (exact) mass is 337 g/mol. The van der Waals surface area contributed by atoms with E-state index in [9.17, 15) is 18.7 Å². The van der Waals surface area contributed by atoms with Crippen LogP contribution in [0.1, 0.15) is 32.3 Å².